The van der Waals surface area contributed by atoms with E-state index in [4.69, 9.17) is 4.74 Å². The Morgan fingerprint density at radius 1 is 1.31 bits per heavy atom. The molecule has 0 spiro atoms. The molecule has 0 bridgehead atoms. The molecule has 0 atom stereocenters. The summed E-state index contributed by atoms with van der Waals surface area (Å²) in [5.74, 6) is 1.02. The minimum Gasteiger partial charge on any atom is -0.493 e. The van der Waals surface area contributed by atoms with Crippen LogP contribution in [-0.2, 0) is 6.54 Å². The summed E-state index contributed by atoms with van der Waals surface area (Å²) in [7, 11) is 0. The van der Waals surface area contributed by atoms with E-state index in [2.05, 4.69) is 51.2 Å². The first-order chi connectivity index (χ1) is 7.63. The summed E-state index contributed by atoms with van der Waals surface area (Å²) >= 11 is 0. The predicted molar refractivity (Wildman–Crippen MR) is 68.9 cm³/mol. The molecule has 0 amide bonds. The number of hydrogen-bond acceptors (Lipinski definition) is 2. The van der Waals surface area contributed by atoms with Gasteiger partial charge in [-0.3, -0.25) is 0 Å². The number of benzene rings is 1. The molecule has 0 fully saturated rings. The van der Waals surface area contributed by atoms with E-state index in [0.717, 1.165) is 25.3 Å². The first-order valence-corrected chi connectivity index (χ1v) is 6.09. The summed E-state index contributed by atoms with van der Waals surface area (Å²) < 4.78 is 5.76. The Morgan fingerprint density at radius 3 is 2.69 bits per heavy atom. The predicted octanol–water partition coefficient (Wildman–Crippen LogP) is 3.28. The average molecular weight is 221 g/mol. The molecule has 0 aliphatic heterocycles. The van der Waals surface area contributed by atoms with Crippen molar-refractivity contribution in [3.8, 4) is 5.75 Å². The molecule has 0 saturated heterocycles. The normalized spacial score (nSPS) is 10.8. The molecule has 0 radical (unpaired) electrons. The van der Waals surface area contributed by atoms with Crippen LogP contribution in [0.1, 0.15) is 38.3 Å². The smallest absolute Gasteiger partial charge is 0.124 e. The SMILES string of the molecule is CCCOc1cc(C)ccc1CNC(C)C. The van der Waals surface area contributed by atoms with Crippen molar-refractivity contribution in [2.24, 2.45) is 0 Å². The highest BCUT2D eigenvalue weighted by Crippen LogP contribution is 2.20. The summed E-state index contributed by atoms with van der Waals surface area (Å²) in [4.78, 5) is 0. The Morgan fingerprint density at radius 2 is 2.06 bits per heavy atom. The molecule has 0 aliphatic rings. The van der Waals surface area contributed by atoms with Crippen LogP contribution in [0.4, 0.5) is 0 Å². The van der Waals surface area contributed by atoms with Gasteiger partial charge in [0, 0.05) is 18.2 Å². The minimum absolute atomic E-state index is 0.500. The molecular weight excluding hydrogens is 198 g/mol. The van der Waals surface area contributed by atoms with Crippen LogP contribution in [0, 0.1) is 6.92 Å². The fourth-order valence-electron chi connectivity index (χ4n) is 1.47. The Kier molecular flexibility index (Phi) is 5.33. The van der Waals surface area contributed by atoms with Crippen LogP contribution in [0.15, 0.2) is 18.2 Å². The molecule has 0 unspecified atom stereocenters. The highest BCUT2D eigenvalue weighted by atomic mass is 16.5. The summed E-state index contributed by atoms with van der Waals surface area (Å²) in [5.41, 5.74) is 2.49. The van der Waals surface area contributed by atoms with Crippen molar-refractivity contribution in [1.82, 2.24) is 5.32 Å². The zero-order valence-corrected chi connectivity index (χ0v) is 10.8. The van der Waals surface area contributed by atoms with Crippen LogP contribution in [-0.4, -0.2) is 12.6 Å². The van der Waals surface area contributed by atoms with Crippen LogP contribution in [0.25, 0.3) is 0 Å². The van der Waals surface area contributed by atoms with Gasteiger partial charge in [0.25, 0.3) is 0 Å². The molecule has 1 aromatic rings. The van der Waals surface area contributed by atoms with Gasteiger partial charge in [0.1, 0.15) is 5.75 Å². The lowest BCUT2D eigenvalue weighted by Crippen LogP contribution is -2.22. The lowest BCUT2D eigenvalue weighted by Gasteiger charge is -2.14. The highest BCUT2D eigenvalue weighted by Gasteiger charge is 2.04. The first kappa shape index (κ1) is 13.0. The monoisotopic (exact) mass is 221 g/mol. The molecule has 0 aromatic heterocycles. The molecule has 90 valence electrons. The van der Waals surface area contributed by atoms with Gasteiger partial charge in [-0.25, -0.2) is 0 Å². The number of hydrogen-bond donors (Lipinski definition) is 1. The number of ether oxygens (including phenoxy) is 1. The standard InChI is InChI=1S/C14H23NO/c1-5-8-16-14-9-12(4)6-7-13(14)10-15-11(2)3/h6-7,9,11,15H,5,8,10H2,1-4H3. The van der Waals surface area contributed by atoms with E-state index in [9.17, 15) is 0 Å². The molecule has 2 heteroatoms. The Hall–Kier alpha value is -1.02. The van der Waals surface area contributed by atoms with Gasteiger partial charge in [-0.2, -0.15) is 0 Å². The third-order valence-corrected chi connectivity index (χ3v) is 2.39. The van der Waals surface area contributed by atoms with Gasteiger partial charge < -0.3 is 10.1 Å². The number of nitrogens with one attached hydrogen (secondary N) is 1. The van der Waals surface area contributed by atoms with Gasteiger partial charge in [-0.05, 0) is 25.0 Å². The molecule has 1 rings (SSSR count). The van der Waals surface area contributed by atoms with Crippen molar-refractivity contribution in [2.45, 2.75) is 46.7 Å². The fraction of sp³-hybridized carbons (Fsp3) is 0.571. The van der Waals surface area contributed by atoms with Crippen molar-refractivity contribution < 1.29 is 4.74 Å². The van der Waals surface area contributed by atoms with Gasteiger partial charge in [-0.15, -0.1) is 0 Å². The molecule has 0 heterocycles. The maximum absolute atomic E-state index is 5.76. The van der Waals surface area contributed by atoms with Crippen LogP contribution in [0.2, 0.25) is 0 Å². The largest absolute Gasteiger partial charge is 0.493 e. The van der Waals surface area contributed by atoms with Gasteiger partial charge in [-0.1, -0.05) is 32.9 Å². The van der Waals surface area contributed by atoms with Gasteiger partial charge >= 0.3 is 0 Å². The highest BCUT2D eigenvalue weighted by molar-refractivity contribution is 5.37. The Bertz CT molecular complexity index is 321. The van der Waals surface area contributed by atoms with E-state index in [1.807, 2.05) is 0 Å². The van der Waals surface area contributed by atoms with E-state index >= 15 is 0 Å². The van der Waals surface area contributed by atoms with Gasteiger partial charge in [0.05, 0.1) is 6.61 Å². The van der Waals surface area contributed by atoms with Gasteiger partial charge in [0.2, 0.25) is 0 Å². The van der Waals surface area contributed by atoms with E-state index < -0.39 is 0 Å². The average Bonchev–Trinajstić information content (AvgIpc) is 2.24. The van der Waals surface area contributed by atoms with Crippen molar-refractivity contribution in [2.75, 3.05) is 6.61 Å². The quantitative estimate of drug-likeness (QED) is 0.796. The molecule has 16 heavy (non-hydrogen) atoms. The molecular formula is C14H23NO. The summed E-state index contributed by atoms with van der Waals surface area (Å²) in [5, 5.41) is 3.42. The zero-order chi connectivity index (χ0) is 12.0. The van der Waals surface area contributed by atoms with E-state index in [-0.39, 0.29) is 0 Å². The zero-order valence-electron chi connectivity index (χ0n) is 10.8. The first-order valence-electron chi connectivity index (χ1n) is 6.09. The molecule has 1 N–H and O–H groups in total. The number of aryl methyl sites for hydroxylation is 1. The molecule has 0 saturated carbocycles. The van der Waals surface area contributed by atoms with Crippen molar-refractivity contribution in [1.29, 1.82) is 0 Å². The molecule has 0 aliphatic carbocycles. The van der Waals surface area contributed by atoms with Crippen molar-refractivity contribution in [3.05, 3.63) is 29.3 Å². The number of rotatable bonds is 6. The maximum Gasteiger partial charge on any atom is 0.124 e. The lowest BCUT2D eigenvalue weighted by atomic mass is 10.1. The second kappa shape index (κ2) is 6.54. The van der Waals surface area contributed by atoms with Crippen LogP contribution < -0.4 is 10.1 Å². The summed E-state index contributed by atoms with van der Waals surface area (Å²) in [6, 6.07) is 6.90. The molecule has 2 nitrogen and oxygen atoms in total. The minimum atomic E-state index is 0.500. The van der Waals surface area contributed by atoms with E-state index in [0.29, 0.717) is 6.04 Å². The van der Waals surface area contributed by atoms with Crippen molar-refractivity contribution >= 4 is 0 Å². The summed E-state index contributed by atoms with van der Waals surface area (Å²) in [6.45, 7) is 10.2. The topological polar surface area (TPSA) is 21.3 Å². The van der Waals surface area contributed by atoms with Crippen LogP contribution in [0.5, 0.6) is 5.75 Å². The maximum atomic E-state index is 5.76. The van der Waals surface area contributed by atoms with E-state index in [1.54, 1.807) is 0 Å². The van der Waals surface area contributed by atoms with Crippen LogP contribution in [0.3, 0.4) is 0 Å². The van der Waals surface area contributed by atoms with Crippen LogP contribution >= 0.6 is 0 Å². The second-order valence-electron chi connectivity index (χ2n) is 4.50. The summed E-state index contributed by atoms with van der Waals surface area (Å²) in [6.07, 6.45) is 1.05. The molecule has 1 aromatic carbocycles. The van der Waals surface area contributed by atoms with E-state index in [1.165, 1.54) is 11.1 Å². The Balaban J connectivity index is 2.72. The fourth-order valence-corrected chi connectivity index (χ4v) is 1.47. The third-order valence-electron chi connectivity index (χ3n) is 2.39. The third kappa shape index (κ3) is 4.23. The van der Waals surface area contributed by atoms with Crippen molar-refractivity contribution in [3.63, 3.8) is 0 Å². The van der Waals surface area contributed by atoms with Gasteiger partial charge in [0.15, 0.2) is 0 Å². The second-order valence-corrected chi connectivity index (χ2v) is 4.50. The Labute approximate surface area is 99.0 Å². The lowest BCUT2D eigenvalue weighted by molar-refractivity contribution is 0.312.